The summed E-state index contributed by atoms with van der Waals surface area (Å²) in [5.74, 6) is 1.92. The van der Waals surface area contributed by atoms with Crippen LogP contribution in [0, 0.1) is 6.92 Å². The van der Waals surface area contributed by atoms with Gasteiger partial charge in [-0.3, -0.25) is 4.90 Å². The van der Waals surface area contributed by atoms with Gasteiger partial charge in [0.15, 0.2) is 11.5 Å². The summed E-state index contributed by atoms with van der Waals surface area (Å²) in [5.41, 5.74) is 13.3. The smallest absolute Gasteiger partial charge is 0.320 e. The molecule has 1 atom stereocenters. The predicted molar refractivity (Wildman–Crippen MR) is 134 cm³/mol. The Hall–Kier alpha value is -3.15. The highest BCUT2D eigenvalue weighted by atomic mass is 32.1. The van der Waals surface area contributed by atoms with Crippen molar-refractivity contribution in [1.29, 1.82) is 0 Å². The number of methoxy groups -OCH3 is 1. The Morgan fingerprint density at radius 1 is 1.09 bits per heavy atom. The quantitative estimate of drug-likeness (QED) is 0.415. The molecule has 0 spiro atoms. The number of nitrogens with one attached hydrogen (secondary N) is 1. The number of hydrogen-bond donors (Lipinski definition) is 3. The molecule has 5 N–H and O–H groups in total. The van der Waals surface area contributed by atoms with Crippen molar-refractivity contribution in [2.75, 3.05) is 57.9 Å². The monoisotopic (exact) mass is 485 g/mol. The molecule has 1 aliphatic heterocycles. The SMILES string of the molecule is COc1ccc(-c2nc(C(C)Oc3nc(N)cc(N)n3)c(C)s2)cc1OCCN1CCNCC1. The summed E-state index contributed by atoms with van der Waals surface area (Å²) in [4.78, 5) is 16.4. The van der Waals surface area contributed by atoms with Crippen LogP contribution in [0.5, 0.6) is 17.5 Å². The molecule has 11 heteroatoms. The lowest BCUT2D eigenvalue weighted by Gasteiger charge is -2.27. The first-order chi connectivity index (χ1) is 16.4. The number of benzene rings is 1. The van der Waals surface area contributed by atoms with E-state index in [0.29, 0.717) is 18.1 Å². The van der Waals surface area contributed by atoms with Gasteiger partial charge in [0.05, 0.1) is 12.8 Å². The Labute approximate surface area is 203 Å². The zero-order valence-electron chi connectivity index (χ0n) is 19.7. The van der Waals surface area contributed by atoms with Crippen LogP contribution in [0.3, 0.4) is 0 Å². The number of piperazine rings is 1. The fourth-order valence-electron chi connectivity index (χ4n) is 3.78. The van der Waals surface area contributed by atoms with Crippen molar-refractivity contribution in [2.24, 2.45) is 0 Å². The Balaban J connectivity index is 1.48. The van der Waals surface area contributed by atoms with Crippen molar-refractivity contribution >= 4 is 23.0 Å². The molecule has 0 bridgehead atoms. The fourth-order valence-corrected chi connectivity index (χ4v) is 4.77. The van der Waals surface area contributed by atoms with E-state index in [1.165, 1.54) is 6.07 Å². The Kier molecular flexibility index (Phi) is 7.66. The van der Waals surface area contributed by atoms with E-state index in [2.05, 4.69) is 20.2 Å². The molecule has 0 saturated carbocycles. The molecule has 1 unspecified atom stereocenters. The van der Waals surface area contributed by atoms with Crippen LogP contribution in [0.4, 0.5) is 11.6 Å². The number of aryl methyl sites for hydroxylation is 1. The molecule has 1 aromatic carbocycles. The highest BCUT2D eigenvalue weighted by Crippen LogP contribution is 2.36. The number of thiazole rings is 1. The first-order valence-electron chi connectivity index (χ1n) is 11.2. The maximum absolute atomic E-state index is 6.10. The Bertz CT molecular complexity index is 1100. The van der Waals surface area contributed by atoms with Gasteiger partial charge < -0.3 is 31.0 Å². The lowest BCUT2D eigenvalue weighted by atomic mass is 10.2. The van der Waals surface area contributed by atoms with Crippen LogP contribution in [0.25, 0.3) is 10.6 Å². The zero-order valence-corrected chi connectivity index (χ0v) is 20.5. The van der Waals surface area contributed by atoms with Crippen molar-refractivity contribution < 1.29 is 14.2 Å². The Morgan fingerprint density at radius 3 is 2.53 bits per heavy atom. The summed E-state index contributed by atoms with van der Waals surface area (Å²) in [6.07, 6.45) is -0.376. The van der Waals surface area contributed by atoms with Crippen LogP contribution in [-0.2, 0) is 0 Å². The average molecular weight is 486 g/mol. The maximum atomic E-state index is 6.10. The molecule has 182 valence electrons. The zero-order chi connectivity index (χ0) is 24.1. The van der Waals surface area contributed by atoms with Crippen LogP contribution in [-0.4, -0.2) is 66.3 Å². The third kappa shape index (κ3) is 5.85. The van der Waals surface area contributed by atoms with Gasteiger partial charge in [0.1, 0.15) is 29.4 Å². The third-order valence-corrected chi connectivity index (χ3v) is 6.57. The minimum absolute atomic E-state index is 0.128. The largest absolute Gasteiger partial charge is 0.493 e. The van der Waals surface area contributed by atoms with Gasteiger partial charge in [-0.25, -0.2) is 4.98 Å². The van der Waals surface area contributed by atoms with Gasteiger partial charge in [0, 0.05) is 49.2 Å². The second kappa shape index (κ2) is 10.9. The first kappa shape index (κ1) is 24.0. The maximum Gasteiger partial charge on any atom is 0.320 e. The van der Waals surface area contributed by atoms with Gasteiger partial charge >= 0.3 is 6.01 Å². The molecule has 1 fully saturated rings. The van der Waals surface area contributed by atoms with Gasteiger partial charge in [0.25, 0.3) is 0 Å². The molecule has 4 rings (SSSR count). The normalized spacial score (nSPS) is 15.1. The van der Waals surface area contributed by atoms with Gasteiger partial charge in [-0.1, -0.05) is 0 Å². The molecule has 3 aromatic rings. The number of rotatable bonds is 9. The van der Waals surface area contributed by atoms with Crippen molar-refractivity contribution in [3.05, 3.63) is 34.8 Å². The fraction of sp³-hybridized carbons (Fsp3) is 0.435. The molecule has 0 aliphatic carbocycles. The number of hydrogen-bond acceptors (Lipinski definition) is 11. The van der Waals surface area contributed by atoms with Crippen molar-refractivity contribution in [3.8, 4) is 28.1 Å². The van der Waals surface area contributed by atoms with E-state index >= 15 is 0 Å². The standard InChI is InChI=1S/C23H31N7O3S/c1-14(33-23-27-19(24)13-20(25)28-23)21-15(2)34-22(29-21)16-4-5-17(31-3)18(12-16)32-11-10-30-8-6-26-7-9-30/h4-5,12-14,26H,6-11H2,1-3H3,(H4,24,25,27,28). The van der Waals surface area contributed by atoms with Gasteiger partial charge in [0.2, 0.25) is 0 Å². The molecule has 0 radical (unpaired) electrons. The molecule has 34 heavy (non-hydrogen) atoms. The van der Waals surface area contributed by atoms with Crippen molar-refractivity contribution in [3.63, 3.8) is 0 Å². The second-order valence-electron chi connectivity index (χ2n) is 8.03. The lowest BCUT2D eigenvalue weighted by Crippen LogP contribution is -2.44. The van der Waals surface area contributed by atoms with Gasteiger partial charge in [-0.2, -0.15) is 9.97 Å². The number of nitrogens with zero attached hydrogens (tertiary/aromatic N) is 4. The van der Waals surface area contributed by atoms with E-state index in [1.54, 1.807) is 18.4 Å². The van der Waals surface area contributed by atoms with E-state index in [1.807, 2.05) is 32.0 Å². The van der Waals surface area contributed by atoms with E-state index in [9.17, 15) is 0 Å². The molecule has 2 aromatic heterocycles. The number of aromatic nitrogens is 3. The number of nitrogen functional groups attached to an aromatic ring is 2. The summed E-state index contributed by atoms with van der Waals surface area (Å²) < 4.78 is 17.5. The minimum Gasteiger partial charge on any atom is -0.493 e. The summed E-state index contributed by atoms with van der Waals surface area (Å²) in [5, 5.41) is 4.23. The predicted octanol–water partition coefficient (Wildman–Crippen LogP) is 2.51. The third-order valence-electron chi connectivity index (χ3n) is 5.53. The molecule has 0 amide bonds. The molecule has 1 saturated heterocycles. The van der Waals surface area contributed by atoms with E-state index in [-0.39, 0.29) is 23.8 Å². The number of ether oxygens (including phenoxy) is 3. The summed E-state index contributed by atoms with van der Waals surface area (Å²) in [6.45, 7) is 9.49. The van der Waals surface area contributed by atoms with E-state index in [0.717, 1.165) is 53.9 Å². The van der Waals surface area contributed by atoms with Crippen molar-refractivity contribution in [2.45, 2.75) is 20.0 Å². The lowest BCUT2D eigenvalue weighted by molar-refractivity contribution is 0.188. The van der Waals surface area contributed by atoms with Gasteiger partial charge in [-0.05, 0) is 32.0 Å². The van der Waals surface area contributed by atoms with E-state index in [4.69, 9.17) is 30.7 Å². The molecular formula is C23H31N7O3S. The van der Waals surface area contributed by atoms with Crippen LogP contribution < -0.4 is 31.0 Å². The first-order valence-corrected chi connectivity index (χ1v) is 12.0. The van der Waals surface area contributed by atoms with Crippen molar-refractivity contribution in [1.82, 2.24) is 25.2 Å². The Morgan fingerprint density at radius 2 is 1.82 bits per heavy atom. The minimum atomic E-state index is -0.376. The average Bonchev–Trinajstić information content (AvgIpc) is 3.21. The topological polar surface area (TPSA) is 134 Å². The molecule has 3 heterocycles. The number of nitrogens with two attached hydrogens (primary N) is 2. The summed E-state index contributed by atoms with van der Waals surface area (Å²) >= 11 is 1.59. The van der Waals surface area contributed by atoms with Crippen LogP contribution >= 0.6 is 11.3 Å². The molecule has 1 aliphatic rings. The van der Waals surface area contributed by atoms with Gasteiger partial charge in [-0.15, -0.1) is 11.3 Å². The second-order valence-corrected chi connectivity index (χ2v) is 9.23. The van der Waals surface area contributed by atoms with Crippen LogP contribution in [0.2, 0.25) is 0 Å². The summed E-state index contributed by atoms with van der Waals surface area (Å²) in [7, 11) is 1.65. The molecule has 10 nitrogen and oxygen atoms in total. The molecular weight excluding hydrogens is 454 g/mol. The number of anilines is 2. The summed E-state index contributed by atoms with van der Waals surface area (Å²) in [6, 6.07) is 7.48. The highest BCUT2D eigenvalue weighted by molar-refractivity contribution is 7.15. The highest BCUT2D eigenvalue weighted by Gasteiger charge is 2.19. The van der Waals surface area contributed by atoms with Crippen LogP contribution in [0.1, 0.15) is 23.6 Å². The van der Waals surface area contributed by atoms with E-state index < -0.39 is 0 Å². The van der Waals surface area contributed by atoms with Crippen LogP contribution in [0.15, 0.2) is 24.3 Å².